The molecule has 0 fully saturated rings. The molecule has 0 saturated carbocycles. The lowest BCUT2D eigenvalue weighted by Gasteiger charge is -2.33. The molecule has 4 aromatic carbocycles. The Hall–Kier alpha value is -4.37. The highest BCUT2D eigenvalue weighted by atomic mass is 32.2. The summed E-state index contributed by atoms with van der Waals surface area (Å²) in [5, 5.41) is 10.7. The maximum absolute atomic E-state index is 13.4. The largest absolute Gasteiger partial charge is 0.367 e. The molecule has 1 atom stereocenters. The quantitative estimate of drug-likeness (QED) is 0.253. The summed E-state index contributed by atoms with van der Waals surface area (Å²) in [4.78, 5) is 16.4. The maximum Gasteiger partial charge on any atom is 0.253 e. The summed E-state index contributed by atoms with van der Waals surface area (Å²) in [5.41, 5.74) is 12.5. The van der Waals surface area contributed by atoms with Gasteiger partial charge in [-0.3, -0.25) is 4.79 Å². The van der Waals surface area contributed by atoms with Crippen molar-refractivity contribution in [3.63, 3.8) is 0 Å². The minimum absolute atomic E-state index is 0.636. The third kappa shape index (κ3) is 3.86. The third-order valence-electron chi connectivity index (χ3n) is 6.68. The summed E-state index contributed by atoms with van der Waals surface area (Å²) < 4.78 is -1.61. The molecular weight excluding hydrogens is 505 g/mol. The zero-order valence-corrected chi connectivity index (χ0v) is 21.9. The fraction of sp³-hybridized carbons (Fsp3) is 0.0303. The van der Waals surface area contributed by atoms with Gasteiger partial charge in [0.2, 0.25) is 4.75 Å². The van der Waals surface area contributed by atoms with Crippen LogP contribution >= 0.6 is 23.1 Å². The molecule has 3 nitrogen and oxygen atoms in total. The van der Waals surface area contributed by atoms with Gasteiger partial charge in [0.15, 0.2) is 0 Å². The van der Waals surface area contributed by atoms with Crippen molar-refractivity contribution < 1.29 is 4.79 Å². The Labute approximate surface area is 229 Å². The molecule has 2 heterocycles. The van der Waals surface area contributed by atoms with Crippen molar-refractivity contribution >= 4 is 40.2 Å². The zero-order valence-electron chi connectivity index (χ0n) is 20.3. The lowest BCUT2D eigenvalue weighted by molar-refractivity contribution is -0.117. The van der Waals surface area contributed by atoms with Crippen LogP contribution < -0.4 is 5.73 Å². The fourth-order valence-corrected chi connectivity index (χ4v) is 7.87. The van der Waals surface area contributed by atoms with Crippen LogP contribution in [0.4, 0.5) is 0 Å². The van der Waals surface area contributed by atoms with E-state index in [2.05, 4.69) is 30.3 Å². The molecule has 1 aliphatic rings. The highest BCUT2D eigenvalue weighted by molar-refractivity contribution is 8.02. The number of nitrogens with zero attached hydrogens (tertiary/aromatic N) is 1. The molecule has 0 radical (unpaired) electrons. The maximum atomic E-state index is 13.4. The summed E-state index contributed by atoms with van der Waals surface area (Å²) in [6.45, 7) is 0. The van der Waals surface area contributed by atoms with Gasteiger partial charge in [0.05, 0.1) is 10.9 Å². The number of benzene rings is 4. The molecule has 5 aromatic rings. The van der Waals surface area contributed by atoms with Crippen molar-refractivity contribution in [1.82, 2.24) is 0 Å². The van der Waals surface area contributed by atoms with E-state index >= 15 is 0 Å². The first-order valence-electron chi connectivity index (χ1n) is 12.2. The summed E-state index contributed by atoms with van der Waals surface area (Å²) in [5.74, 6) is -0.672. The smallest absolute Gasteiger partial charge is 0.253 e. The van der Waals surface area contributed by atoms with Crippen molar-refractivity contribution in [2.45, 2.75) is 9.64 Å². The van der Waals surface area contributed by atoms with E-state index < -0.39 is 10.7 Å². The van der Waals surface area contributed by atoms with Gasteiger partial charge in [-0.1, -0.05) is 133 Å². The Morgan fingerprint density at radius 3 is 1.63 bits per heavy atom. The van der Waals surface area contributed by atoms with Crippen molar-refractivity contribution in [3.8, 4) is 27.6 Å². The van der Waals surface area contributed by atoms with E-state index in [1.165, 1.54) is 11.8 Å². The zero-order chi connectivity index (χ0) is 26.1. The van der Waals surface area contributed by atoms with E-state index in [-0.39, 0.29) is 0 Å². The van der Waals surface area contributed by atoms with Crippen LogP contribution in [0.5, 0.6) is 0 Å². The molecule has 1 aliphatic heterocycles. The van der Waals surface area contributed by atoms with Crippen LogP contribution in [0.25, 0.3) is 32.7 Å². The number of hydrogen-bond donors (Lipinski definition) is 1. The molecular formula is C33H22N2OS2. The lowest BCUT2D eigenvalue weighted by Crippen LogP contribution is -2.42. The second-order valence-corrected chi connectivity index (χ2v) is 11.2. The Morgan fingerprint density at radius 2 is 1.13 bits per heavy atom. The Balaban J connectivity index is 1.80. The minimum atomic E-state index is -1.61. The number of nitrogens with two attached hydrogens (primary N) is 1. The molecule has 5 heteroatoms. The molecule has 1 amide bonds. The van der Waals surface area contributed by atoms with Crippen LogP contribution in [0.3, 0.4) is 0 Å². The molecule has 2 N–H and O–H groups in total. The van der Waals surface area contributed by atoms with Crippen molar-refractivity contribution in [1.29, 1.82) is 5.26 Å². The first-order chi connectivity index (χ1) is 18.6. The molecule has 182 valence electrons. The number of rotatable bonds is 5. The number of fused-ring (bicyclic) bond motifs is 1. The first-order valence-corrected chi connectivity index (χ1v) is 13.8. The number of nitriles is 1. The summed E-state index contributed by atoms with van der Waals surface area (Å²) in [6, 6.07) is 42.5. The summed E-state index contributed by atoms with van der Waals surface area (Å²) >= 11 is 2.96. The highest BCUT2D eigenvalue weighted by Gasteiger charge is 2.50. The van der Waals surface area contributed by atoms with E-state index in [0.29, 0.717) is 5.57 Å². The number of thiophene rings is 1. The van der Waals surface area contributed by atoms with E-state index in [4.69, 9.17) is 5.73 Å². The molecule has 6 rings (SSSR count). The Kier molecular flexibility index (Phi) is 6.21. The van der Waals surface area contributed by atoms with Crippen LogP contribution in [0.2, 0.25) is 0 Å². The number of carbonyl (C=O) groups excluding carboxylic acids is 1. The topological polar surface area (TPSA) is 66.9 Å². The molecule has 0 saturated heterocycles. The van der Waals surface area contributed by atoms with Crippen molar-refractivity contribution in [2.75, 3.05) is 0 Å². The van der Waals surface area contributed by atoms with Crippen molar-refractivity contribution in [3.05, 3.63) is 137 Å². The SMILES string of the molecule is N#CC1(C(N)=O)Sc2c(sc(-c3ccccc3)c2-c2ccccc2)C(c2ccccc2)=C1c1ccccc1. The number of primary amides is 1. The van der Waals surface area contributed by atoms with Gasteiger partial charge in [0.25, 0.3) is 5.91 Å². The average molecular weight is 527 g/mol. The van der Waals surface area contributed by atoms with Crippen LogP contribution in [-0.2, 0) is 4.79 Å². The normalized spacial score (nSPS) is 16.5. The van der Waals surface area contributed by atoms with Gasteiger partial charge in [-0.05, 0) is 22.3 Å². The number of carbonyl (C=O) groups is 1. The van der Waals surface area contributed by atoms with Gasteiger partial charge >= 0.3 is 0 Å². The fourth-order valence-electron chi connectivity index (χ4n) is 4.97. The van der Waals surface area contributed by atoms with E-state index in [1.807, 2.05) is 97.1 Å². The average Bonchev–Trinajstić information content (AvgIpc) is 3.36. The van der Waals surface area contributed by atoms with Gasteiger partial charge < -0.3 is 5.73 Å². The number of hydrogen-bond acceptors (Lipinski definition) is 4. The van der Waals surface area contributed by atoms with Gasteiger partial charge in [0.1, 0.15) is 0 Å². The number of amides is 1. The number of thioether (sulfide) groups is 1. The molecule has 1 aromatic heterocycles. The van der Waals surface area contributed by atoms with Gasteiger partial charge in [-0.25, -0.2) is 0 Å². The van der Waals surface area contributed by atoms with Crippen LogP contribution in [0.1, 0.15) is 16.0 Å². The molecule has 38 heavy (non-hydrogen) atoms. The predicted octanol–water partition coefficient (Wildman–Crippen LogP) is 7.89. The second kappa shape index (κ2) is 9.83. The van der Waals surface area contributed by atoms with Gasteiger partial charge in [-0.2, -0.15) is 5.26 Å². The standard InChI is InChI=1S/C33H22N2OS2/c34-21-33(32(35)36)28(24-17-9-3-10-18-24)26(22-13-5-1-6-14-22)30-31(38-33)27(23-15-7-2-8-16-23)29(37-30)25-19-11-4-12-20-25/h1-20H,(H2,35,36). The predicted molar refractivity (Wildman–Crippen MR) is 157 cm³/mol. The van der Waals surface area contributed by atoms with E-state index in [9.17, 15) is 10.1 Å². The molecule has 0 spiro atoms. The second-order valence-electron chi connectivity index (χ2n) is 8.94. The van der Waals surface area contributed by atoms with Crippen molar-refractivity contribution in [2.24, 2.45) is 5.73 Å². The monoisotopic (exact) mass is 526 g/mol. The van der Waals surface area contributed by atoms with Crippen LogP contribution in [-0.4, -0.2) is 10.7 Å². The van der Waals surface area contributed by atoms with E-state index in [0.717, 1.165) is 48.0 Å². The lowest BCUT2D eigenvalue weighted by atomic mass is 9.83. The molecule has 0 aliphatic carbocycles. The Bertz CT molecular complexity index is 1700. The minimum Gasteiger partial charge on any atom is -0.367 e. The van der Waals surface area contributed by atoms with Crippen LogP contribution in [0.15, 0.2) is 126 Å². The first kappa shape index (κ1) is 24.0. The van der Waals surface area contributed by atoms with Crippen LogP contribution in [0, 0.1) is 11.3 Å². The summed E-state index contributed by atoms with van der Waals surface area (Å²) in [6.07, 6.45) is 0. The highest BCUT2D eigenvalue weighted by Crippen LogP contribution is 2.61. The molecule has 0 bridgehead atoms. The Morgan fingerprint density at radius 1 is 0.658 bits per heavy atom. The van der Waals surface area contributed by atoms with E-state index in [1.54, 1.807) is 11.3 Å². The molecule has 1 unspecified atom stereocenters. The van der Waals surface area contributed by atoms with Gasteiger partial charge in [0, 0.05) is 26.5 Å². The van der Waals surface area contributed by atoms with Gasteiger partial charge in [-0.15, -0.1) is 11.3 Å². The third-order valence-corrected chi connectivity index (χ3v) is 9.48. The summed E-state index contributed by atoms with van der Waals surface area (Å²) in [7, 11) is 0.